The van der Waals surface area contributed by atoms with Crippen molar-refractivity contribution < 1.29 is 5.11 Å². The highest BCUT2D eigenvalue weighted by molar-refractivity contribution is 5.83. The van der Waals surface area contributed by atoms with E-state index in [0.717, 1.165) is 36.5 Å². The van der Waals surface area contributed by atoms with Crippen LogP contribution in [0.5, 0.6) is 0 Å². The number of aliphatic hydroxyl groups is 1. The second-order valence-corrected chi connectivity index (χ2v) is 6.77. The summed E-state index contributed by atoms with van der Waals surface area (Å²) in [5.74, 6) is 0. The number of H-pyrrole nitrogens is 1. The summed E-state index contributed by atoms with van der Waals surface area (Å²) >= 11 is 0. The number of dihydropyridines is 1. The number of aliphatic imine (C=N–C) groups is 1. The molecule has 0 spiro atoms. The molecule has 0 radical (unpaired) electrons. The van der Waals surface area contributed by atoms with Crippen molar-refractivity contribution >= 4 is 28.5 Å². The molecule has 2 aromatic carbocycles. The van der Waals surface area contributed by atoms with Crippen molar-refractivity contribution in [2.45, 2.75) is 18.9 Å². The molecule has 1 aromatic heterocycles. The van der Waals surface area contributed by atoms with Gasteiger partial charge in [-0.2, -0.15) is 0 Å². The molecule has 0 saturated carbocycles. The number of nitrogens with zero attached hydrogens (tertiary/aromatic N) is 1. The van der Waals surface area contributed by atoms with E-state index in [2.05, 4.69) is 75.3 Å². The van der Waals surface area contributed by atoms with Gasteiger partial charge < -0.3 is 20.7 Å². The van der Waals surface area contributed by atoms with Crippen molar-refractivity contribution in [2.75, 3.05) is 23.8 Å². The number of rotatable bonds is 7. The number of anilines is 2. The Labute approximate surface area is 158 Å². The fourth-order valence-corrected chi connectivity index (χ4v) is 3.37. The van der Waals surface area contributed by atoms with Gasteiger partial charge in [-0.25, -0.2) is 0 Å². The number of allylic oxidation sites excluding steroid dienone is 1. The first-order chi connectivity index (χ1) is 13.3. The van der Waals surface area contributed by atoms with E-state index in [0.29, 0.717) is 0 Å². The van der Waals surface area contributed by atoms with Gasteiger partial charge in [0.15, 0.2) is 0 Å². The van der Waals surface area contributed by atoms with Gasteiger partial charge in [0, 0.05) is 53.4 Å². The number of fused-ring (bicyclic) bond motifs is 1. The molecular weight excluding hydrogens is 336 g/mol. The standard InChI is InChI=1S/C22H24N4O/c27-15-20-13-19(10-12-24-20)26-18-7-5-17(6-8-18)23-11-9-16-14-25-22-4-2-1-3-21(16)22/h1-8,10,12,14,20,23,25-27H,9,11,13,15H2. The van der Waals surface area contributed by atoms with Crippen molar-refractivity contribution in [1.29, 1.82) is 0 Å². The summed E-state index contributed by atoms with van der Waals surface area (Å²) in [6.07, 6.45) is 7.52. The highest BCUT2D eigenvalue weighted by atomic mass is 16.3. The summed E-state index contributed by atoms with van der Waals surface area (Å²) in [5.41, 5.74) is 5.74. The van der Waals surface area contributed by atoms with Crippen molar-refractivity contribution in [3.05, 3.63) is 72.1 Å². The van der Waals surface area contributed by atoms with Crippen molar-refractivity contribution in [3.8, 4) is 0 Å². The zero-order valence-corrected chi connectivity index (χ0v) is 15.2. The van der Waals surface area contributed by atoms with Crippen LogP contribution >= 0.6 is 0 Å². The number of nitrogens with one attached hydrogen (secondary N) is 3. The summed E-state index contributed by atoms with van der Waals surface area (Å²) < 4.78 is 0. The Hall–Kier alpha value is -3.05. The second-order valence-electron chi connectivity index (χ2n) is 6.77. The van der Waals surface area contributed by atoms with Crippen LogP contribution in [0.1, 0.15) is 12.0 Å². The van der Waals surface area contributed by atoms with E-state index in [9.17, 15) is 5.11 Å². The van der Waals surface area contributed by atoms with E-state index < -0.39 is 0 Å². The summed E-state index contributed by atoms with van der Waals surface area (Å²) in [7, 11) is 0. The minimum atomic E-state index is -0.0389. The number of aromatic amines is 1. The average molecular weight is 360 g/mol. The lowest BCUT2D eigenvalue weighted by Crippen LogP contribution is -2.17. The molecule has 1 aliphatic rings. The smallest absolute Gasteiger partial charge is 0.0784 e. The van der Waals surface area contributed by atoms with Gasteiger partial charge in [0.2, 0.25) is 0 Å². The zero-order valence-electron chi connectivity index (χ0n) is 15.2. The summed E-state index contributed by atoms with van der Waals surface area (Å²) in [6, 6.07) is 16.6. The van der Waals surface area contributed by atoms with E-state index in [-0.39, 0.29) is 12.6 Å². The van der Waals surface area contributed by atoms with Crippen LogP contribution in [0.3, 0.4) is 0 Å². The molecule has 5 nitrogen and oxygen atoms in total. The van der Waals surface area contributed by atoms with Gasteiger partial charge in [-0.1, -0.05) is 18.2 Å². The Morgan fingerprint density at radius 2 is 1.89 bits per heavy atom. The molecular formula is C22H24N4O. The van der Waals surface area contributed by atoms with Crippen molar-refractivity contribution in [2.24, 2.45) is 4.99 Å². The summed E-state index contributed by atoms with van der Waals surface area (Å²) in [6.45, 7) is 0.962. The lowest BCUT2D eigenvalue weighted by atomic mass is 10.1. The van der Waals surface area contributed by atoms with E-state index in [4.69, 9.17) is 0 Å². The van der Waals surface area contributed by atoms with Gasteiger partial charge in [-0.3, -0.25) is 4.99 Å². The number of benzene rings is 2. The molecule has 1 atom stereocenters. The van der Waals surface area contributed by atoms with Gasteiger partial charge in [-0.05, 0) is 48.4 Å². The summed E-state index contributed by atoms with van der Waals surface area (Å²) in [4.78, 5) is 7.55. The monoisotopic (exact) mass is 360 g/mol. The first-order valence-corrected chi connectivity index (χ1v) is 9.31. The van der Waals surface area contributed by atoms with Crippen LogP contribution in [-0.2, 0) is 6.42 Å². The highest BCUT2D eigenvalue weighted by Gasteiger charge is 2.11. The molecule has 0 fully saturated rings. The minimum absolute atomic E-state index is 0.0389. The van der Waals surface area contributed by atoms with E-state index in [1.807, 2.05) is 6.08 Å². The van der Waals surface area contributed by atoms with Crippen LogP contribution in [-0.4, -0.2) is 35.5 Å². The molecule has 2 heterocycles. The third kappa shape index (κ3) is 4.20. The van der Waals surface area contributed by atoms with E-state index >= 15 is 0 Å². The molecule has 0 saturated heterocycles. The van der Waals surface area contributed by atoms with Crippen molar-refractivity contribution in [3.63, 3.8) is 0 Å². The number of aliphatic hydroxyl groups excluding tert-OH is 1. The molecule has 1 aliphatic heterocycles. The van der Waals surface area contributed by atoms with Crippen molar-refractivity contribution in [1.82, 2.24) is 4.98 Å². The number of aromatic nitrogens is 1. The maximum absolute atomic E-state index is 9.24. The fourth-order valence-electron chi connectivity index (χ4n) is 3.37. The first-order valence-electron chi connectivity index (χ1n) is 9.31. The maximum Gasteiger partial charge on any atom is 0.0784 e. The molecule has 27 heavy (non-hydrogen) atoms. The third-order valence-corrected chi connectivity index (χ3v) is 4.83. The zero-order chi connectivity index (χ0) is 18.5. The quantitative estimate of drug-likeness (QED) is 0.515. The molecule has 0 aliphatic carbocycles. The van der Waals surface area contributed by atoms with Crippen LogP contribution in [0.15, 0.2) is 71.5 Å². The van der Waals surface area contributed by atoms with Crippen LogP contribution in [0.4, 0.5) is 11.4 Å². The van der Waals surface area contributed by atoms with Crippen LogP contribution in [0.2, 0.25) is 0 Å². The second kappa shape index (κ2) is 8.10. The summed E-state index contributed by atoms with van der Waals surface area (Å²) in [5, 5.41) is 17.4. The molecule has 1 unspecified atom stereocenters. The predicted molar refractivity (Wildman–Crippen MR) is 113 cm³/mol. The molecule has 0 bridgehead atoms. The Bertz CT molecular complexity index is 956. The largest absolute Gasteiger partial charge is 0.394 e. The lowest BCUT2D eigenvalue weighted by molar-refractivity contribution is 0.266. The molecule has 3 aromatic rings. The highest BCUT2D eigenvalue weighted by Crippen LogP contribution is 2.20. The molecule has 5 heteroatoms. The lowest BCUT2D eigenvalue weighted by Gasteiger charge is -2.17. The van der Waals surface area contributed by atoms with Gasteiger partial charge in [0.25, 0.3) is 0 Å². The Kier molecular flexibility index (Phi) is 5.21. The SMILES string of the molecule is OCC1CC(Nc2ccc(NCCc3c[nH]c4ccccc34)cc2)=CC=N1. The Morgan fingerprint density at radius 3 is 2.74 bits per heavy atom. The van der Waals surface area contributed by atoms with E-state index in [1.54, 1.807) is 6.21 Å². The van der Waals surface area contributed by atoms with E-state index in [1.165, 1.54) is 16.5 Å². The first kappa shape index (κ1) is 17.4. The van der Waals surface area contributed by atoms with Gasteiger partial charge in [0.05, 0.1) is 12.6 Å². The van der Waals surface area contributed by atoms with Crippen LogP contribution in [0, 0.1) is 0 Å². The molecule has 4 rings (SSSR count). The third-order valence-electron chi connectivity index (χ3n) is 4.83. The van der Waals surface area contributed by atoms with Gasteiger partial charge in [-0.15, -0.1) is 0 Å². The topological polar surface area (TPSA) is 72.4 Å². The van der Waals surface area contributed by atoms with Gasteiger partial charge >= 0.3 is 0 Å². The molecule has 0 amide bonds. The average Bonchev–Trinajstić information content (AvgIpc) is 3.13. The fraction of sp³-hybridized carbons (Fsp3) is 0.227. The number of hydrogen-bond donors (Lipinski definition) is 4. The number of hydrogen-bond acceptors (Lipinski definition) is 4. The van der Waals surface area contributed by atoms with Crippen LogP contribution in [0.25, 0.3) is 10.9 Å². The van der Waals surface area contributed by atoms with Crippen LogP contribution < -0.4 is 10.6 Å². The Balaban J connectivity index is 1.30. The normalized spacial score (nSPS) is 16.3. The van der Waals surface area contributed by atoms with Gasteiger partial charge in [0.1, 0.15) is 0 Å². The number of para-hydroxylation sites is 1. The maximum atomic E-state index is 9.24. The minimum Gasteiger partial charge on any atom is -0.394 e. The molecule has 4 N–H and O–H groups in total. The Morgan fingerprint density at radius 1 is 1.07 bits per heavy atom. The predicted octanol–water partition coefficient (Wildman–Crippen LogP) is 3.95. The molecule has 138 valence electrons.